The van der Waals surface area contributed by atoms with Gasteiger partial charge in [-0.25, -0.2) is 0 Å². The molecule has 2 N–H and O–H groups in total. The van der Waals surface area contributed by atoms with E-state index in [0.717, 1.165) is 38.5 Å². The summed E-state index contributed by atoms with van der Waals surface area (Å²) in [6.45, 7) is 5.03. The number of unbranched alkanes of at least 4 members (excludes halogenated alkanes) is 7. The Balaban J connectivity index is 4.29. The summed E-state index contributed by atoms with van der Waals surface area (Å²) in [5, 5.41) is 19.4. The average molecular weight is 417 g/mol. The molecule has 0 saturated carbocycles. The Morgan fingerprint density at radius 1 is 0.793 bits per heavy atom. The van der Waals surface area contributed by atoms with Crippen LogP contribution in [0.3, 0.4) is 0 Å². The van der Waals surface area contributed by atoms with Gasteiger partial charge in [0.25, 0.3) is 0 Å². The van der Waals surface area contributed by atoms with Gasteiger partial charge in [0.05, 0.1) is 24.5 Å². The second-order valence-corrected chi connectivity index (χ2v) is 8.20. The lowest BCUT2D eigenvalue weighted by Crippen LogP contribution is -2.41. The fourth-order valence-electron chi connectivity index (χ4n) is 3.09. The van der Waals surface area contributed by atoms with Gasteiger partial charge in [-0.2, -0.15) is 0 Å². The van der Waals surface area contributed by atoms with Crippen LogP contribution in [0.25, 0.3) is 0 Å². The summed E-state index contributed by atoms with van der Waals surface area (Å²) >= 11 is 0. The Labute approximate surface area is 177 Å². The first-order chi connectivity index (χ1) is 14.0. The Kier molecular flexibility index (Phi) is 17.0. The van der Waals surface area contributed by atoms with Crippen molar-refractivity contribution in [2.24, 2.45) is 11.3 Å². The number of carbonyl (C=O) groups excluding carboxylic acids is 2. The molecule has 0 fully saturated rings. The van der Waals surface area contributed by atoms with Crippen molar-refractivity contribution in [3.05, 3.63) is 0 Å². The van der Waals surface area contributed by atoms with E-state index in [-0.39, 0.29) is 31.1 Å². The number of carbonyl (C=O) groups is 2. The maximum atomic E-state index is 12.3. The maximum Gasteiger partial charge on any atom is 0.308 e. The molecular formula is C23H44O6. The number of hydrogen-bond acceptors (Lipinski definition) is 6. The Bertz CT molecular complexity index is 420. The highest BCUT2D eigenvalue weighted by Crippen LogP contribution is 2.21. The van der Waals surface area contributed by atoms with Crippen LogP contribution in [0.2, 0.25) is 0 Å². The van der Waals surface area contributed by atoms with Crippen LogP contribution in [0.1, 0.15) is 97.8 Å². The van der Waals surface area contributed by atoms with Gasteiger partial charge in [-0.3, -0.25) is 9.59 Å². The normalized spacial score (nSPS) is 12.6. The van der Waals surface area contributed by atoms with Crippen LogP contribution in [0.5, 0.6) is 0 Å². The SMILES string of the molecule is CCCCCCCCCC(=O)OCC(CO)(CO)COC(=O)C(CC)CCCC. The van der Waals surface area contributed by atoms with Crippen LogP contribution in [0.4, 0.5) is 0 Å². The summed E-state index contributed by atoms with van der Waals surface area (Å²) in [6.07, 6.45) is 11.6. The lowest BCUT2D eigenvalue weighted by atomic mass is 9.92. The van der Waals surface area contributed by atoms with Gasteiger partial charge in [-0.15, -0.1) is 0 Å². The molecule has 6 nitrogen and oxygen atoms in total. The molecule has 1 atom stereocenters. The molecule has 0 spiro atoms. The minimum absolute atomic E-state index is 0.158. The molecular weight excluding hydrogens is 372 g/mol. The second-order valence-electron chi connectivity index (χ2n) is 8.20. The molecule has 0 aliphatic heterocycles. The van der Waals surface area contributed by atoms with Crippen molar-refractivity contribution < 1.29 is 29.3 Å². The van der Waals surface area contributed by atoms with Gasteiger partial charge in [-0.1, -0.05) is 72.1 Å². The Hall–Kier alpha value is -1.14. The largest absolute Gasteiger partial charge is 0.465 e. The molecule has 29 heavy (non-hydrogen) atoms. The van der Waals surface area contributed by atoms with Crippen LogP contribution in [-0.4, -0.2) is 48.6 Å². The van der Waals surface area contributed by atoms with Crippen molar-refractivity contribution in [2.45, 2.75) is 97.8 Å². The van der Waals surface area contributed by atoms with Gasteiger partial charge in [-0.05, 0) is 19.3 Å². The van der Waals surface area contributed by atoms with E-state index in [4.69, 9.17) is 9.47 Å². The van der Waals surface area contributed by atoms with Crippen LogP contribution < -0.4 is 0 Å². The van der Waals surface area contributed by atoms with E-state index in [1.165, 1.54) is 25.7 Å². The van der Waals surface area contributed by atoms with Crippen LogP contribution in [0, 0.1) is 11.3 Å². The average Bonchev–Trinajstić information content (AvgIpc) is 2.74. The number of aliphatic hydroxyl groups excluding tert-OH is 2. The highest BCUT2D eigenvalue weighted by Gasteiger charge is 2.33. The molecule has 1 unspecified atom stereocenters. The first-order valence-corrected chi connectivity index (χ1v) is 11.5. The highest BCUT2D eigenvalue weighted by atomic mass is 16.6. The Morgan fingerprint density at radius 3 is 1.90 bits per heavy atom. The molecule has 6 heteroatoms. The zero-order valence-electron chi connectivity index (χ0n) is 18.9. The van der Waals surface area contributed by atoms with E-state index in [0.29, 0.717) is 12.8 Å². The molecule has 0 amide bonds. The summed E-state index contributed by atoms with van der Waals surface area (Å²) < 4.78 is 10.6. The van der Waals surface area contributed by atoms with Crippen molar-refractivity contribution in [3.63, 3.8) is 0 Å². The summed E-state index contributed by atoms with van der Waals surface area (Å²) in [7, 11) is 0. The number of hydrogen-bond donors (Lipinski definition) is 2. The highest BCUT2D eigenvalue weighted by molar-refractivity contribution is 5.72. The van der Waals surface area contributed by atoms with Gasteiger partial charge in [0.2, 0.25) is 0 Å². The van der Waals surface area contributed by atoms with Gasteiger partial charge in [0.15, 0.2) is 0 Å². The first-order valence-electron chi connectivity index (χ1n) is 11.5. The molecule has 0 aromatic rings. The molecule has 0 aliphatic carbocycles. The topological polar surface area (TPSA) is 93.1 Å². The molecule has 0 heterocycles. The first kappa shape index (κ1) is 27.9. The number of rotatable bonds is 19. The molecule has 172 valence electrons. The third-order valence-corrected chi connectivity index (χ3v) is 5.45. The van der Waals surface area contributed by atoms with Gasteiger partial charge in [0, 0.05) is 6.42 Å². The lowest BCUT2D eigenvalue weighted by molar-refractivity contribution is -0.162. The van der Waals surface area contributed by atoms with E-state index < -0.39 is 18.6 Å². The van der Waals surface area contributed by atoms with Crippen molar-refractivity contribution in [1.82, 2.24) is 0 Å². The van der Waals surface area contributed by atoms with E-state index >= 15 is 0 Å². The quantitative estimate of drug-likeness (QED) is 0.239. The van der Waals surface area contributed by atoms with Crippen LogP contribution >= 0.6 is 0 Å². The van der Waals surface area contributed by atoms with Crippen LogP contribution in [-0.2, 0) is 19.1 Å². The molecule has 0 aromatic carbocycles. The van der Waals surface area contributed by atoms with E-state index in [1.54, 1.807) is 0 Å². The third-order valence-electron chi connectivity index (χ3n) is 5.45. The molecule has 0 aromatic heterocycles. The van der Waals surface area contributed by atoms with Crippen molar-refractivity contribution in [1.29, 1.82) is 0 Å². The fraction of sp³-hybridized carbons (Fsp3) is 0.913. The van der Waals surface area contributed by atoms with Crippen LogP contribution in [0.15, 0.2) is 0 Å². The fourth-order valence-corrected chi connectivity index (χ4v) is 3.09. The second kappa shape index (κ2) is 17.7. The molecule has 0 bridgehead atoms. The summed E-state index contributed by atoms with van der Waals surface area (Å²) in [5.74, 6) is -0.836. The Morgan fingerprint density at radius 2 is 1.34 bits per heavy atom. The standard InChI is InChI=1S/C23H44O6/c1-4-7-9-10-11-12-13-15-21(26)28-18-23(16-24,17-25)19-29-22(27)20(6-3)14-8-5-2/h20,24-25H,4-19H2,1-3H3. The monoisotopic (exact) mass is 416 g/mol. The number of aliphatic hydroxyl groups is 2. The summed E-state index contributed by atoms with van der Waals surface area (Å²) in [5.41, 5.74) is -1.16. The van der Waals surface area contributed by atoms with E-state index in [1.807, 2.05) is 6.92 Å². The lowest BCUT2D eigenvalue weighted by Gasteiger charge is -2.29. The summed E-state index contributed by atoms with van der Waals surface area (Å²) in [4.78, 5) is 24.2. The zero-order chi connectivity index (χ0) is 22.0. The molecule has 0 saturated heterocycles. The van der Waals surface area contributed by atoms with Gasteiger partial charge < -0.3 is 19.7 Å². The van der Waals surface area contributed by atoms with Crippen molar-refractivity contribution in [3.8, 4) is 0 Å². The summed E-state index contributed by atoms with van der Waals surface area (Å²) in [6, 6.07) is 0. The van der Waals surface area contributed by atoms with Crippen molar-refractivity contribution >= 4 is 11.9 Å². The zero-order valence-corrected chi connectivity index (χ0v) is 18.9. The predicted octanol–water partition coefficient (Wildman–Crippen LogP) is 4.40. The maximum absolute atomic E-state index is 12.3. The van der Waals surface area contributed by atoms with E-state index in [9.17, 15) is 19.8 Å². The molecule has 0 rings (SSSR count). The third kappa shape index (κ3) is 12.9. The molecule has 0 radical (unpaired) electrons. The molecule has 0 aliphatic rings. The minimum Gasteiger partial charge on any atom is -0.465 e. The predicted molar refractivity (Wildman–Crippen MR) is 114 cm³/mol. The van der Waals surface area contributed by atoms with Gasteiger partial charge in [0.1, 0.15) is 13.2 Å². The smallest absolute Gasteiger partial charge is 0.308 e. The van der Waals surface area contributed by atoms with E-state index in [2.05, 4.69) is 13.8 Å². The van der Waals surface area contributed by atoms with Gasteiger partial charge >= 0.3 is 11.9 Å². The van der Waals surface area contributed by atoms with Crippen molar-refractivity contribution in [2.75, 3.05) is 26.4 Å². The number of ether oxygens (including phenoxy) is 2. The number of esters is 2. The minimum atomic E-state index is -1.16.